The fourth-order valence-electron chi connectivity index (χ4n) is 4.79. The SMILES string of the molecule is O=C(NCCc1ccccn1)C1CN(C(=O)c2cccs2)CC12CCCCC2. The number of nitrogens with one attached hydrogen (secondary N) is 1. The molecule has 1 aliphatic carbocycles. The van der Waals surface area contributed by atoms with Gasteiger partial charge in [0.05, 0.1) is 10.8 Å². The normalized spacial score (nSPS) is 21.0. The van der Waals surface area contributed by atoms with Crippen LogP contribution in [0.3, 0.4) is 0 Å². The van der Waals surface area contributed by atoms with Crippen molar-refractivity contribution in [3.05, 3.63) is 52.5 Å². The third kappa shape index (κ3) is 3.97. The van der Waals surface area contributed by atoms with E-state index >= 15 is 0 Å². The van der Waals surface area contributed by atoms with Crippen LogP contribution in [-0.2, 0) is 11.2 Å². The first-order chi connectivity index (χ1) is 13.7. The summed E-state index contributed by atoms with van der Waals surface area (Å²) < 4.78 is 0. The Bertz CT molecular complexity index is 800. The zero-order chi connectivity index (χ0) is 19.4. The largest absolute Gasteiger partial charge is 0.355 e. The van der Waals surface area contributed by atoms with E-state index in [0.717, 1.165) is 42.7 Å². The third-order valence-corrected chi connectivity index (χ3v) is 7.10. The topological polar surface area (TPSA) is 62.3 Å². The Balaban J connectivity index is 1.43. The number of rotatable bonds is 5. The number of aromatic nitrogens is 1. The summed E-state index contributed by atoms with van der Waals surface area (Å²) in [5.41, 5.74) is 0.927. The van der Waals surface area contributed by atoms with Gasteiger partial charge in [-0.15, -0.1) is 11.3 Å². The second kappa shape index (κ2) is 8.43. The molecule has 1 spiro atoms. The molecule has 6 heteroatoms. The van der Waals surface area contributed by atoms with Crippen molar-refractivity contribution in [2.45, 2.75) is 38.5 Å². The molecular weight excluding hydrogens is 370 g/mol. The molecular formula is C22H27N3O2S. The van der Waals surface area contributed by atoms with Crippen molar-refractivity contribution >= 4 is 23.2 Å². The highest BCUT2D eigenvalue weighted by molar-refractivity contribution is 7.12. The van der Waals surface area contributed by atoms with Crippen LogP contribution in [-0.4, -0.2) is 41.3 Å². The molecule has 1 unspecified atom stereocenters. The maximum atomic E-state index is 13.1. The van der Waals surface area contributed by atoms with Gasteiger partial charge < -0.3 is 10.2 Å². The minimum absolute atomic E-state index is 0.0553. The van der Waals surface area contributed by atoms with E-state index in [0.29, 0.717) is 19.6 Å². The molecule has 2 aliphatic rings. The van der Waals surface area contributed by atoms with E-state index in [1.807, 2.05) is 40.6 Å². The minimum atomic E-state index is -0.111. The number of likely N-dealkylation sites (tertiary alicyclic amines) is 1. The van der Waals surface area contributed by atoms with E-state index in [-0.39, 0.29) is 23.1 Å². The van der Waals surface area contributed by atoms with Crippen LogP contribution in [0.2, 0.25) is 0 Å². The van der Waals surface area contributed by atoms with Crippen LogP contribution in [0.25, 0.3) is 0 Å². The Labute approximate surface area is 170 Å². The number of pyridine rings is 1. The molecule has 2 aromatic heterocycles. The van der Waals surface area contributed by atoms with Crippen LogP contribution < -0.4 is 5.32 Å². The van der Waals surface area contributed by atoms with Gasteiger partial charge in [0.1, 0.15) is 0 Å². The summed E-state index contributed by atoms with van der Waals surface area (Å²) >= 11 is 1.48. The van der Waals surface area contributed by atoms with Crippen molar-refractivity contribution in [2.75, 3.05) is 19.6 Å². The number of carbonyl (C=O) groups excluding carboxylic acids is 2. The van der Waals surface area contributed by atoms with Gasteiger partial charge in [0, 0.05) is 43.4 Å². The summed E-state index contributed by atoms with van der Waals surface area (Å²) in [6, 6.07) is 9.62. The van der Waals surface area contributed by atoms with Crippen LogP contribution in [0.15, 0.2) is 41.9 Å². The Morgan fingerprint density at radius 2 is 2.04 bits per heavy atom. The van der Waals surface area contributed by atoms with Gasteiger partial charge in [0.15, 0.2) is 0 Å². The van der Waals surface area contributed by atoms with Crippen molar-refractivity contribution in [3.63, 3.8) is 0 Å². The van der Waals surface area contributed by atoms with Gasteiger partial charge in [0.2, 0.25) is 5.91 Å². The van der Waals surface area contributed by atoms with Gasteiger partial charge in [-0.1, -0.05) is 31.4 Å². The molecule has 1 saturated carbocycles. The van der Waals surface area contributed by atoms with Crippen molar-refractivity contribution in [3.8, 4) is 0 Å². The summed E-state index contributed by atoms with van der Waals surface area (Å²) in [5, 5.41) is 5.06. The Morgan fingerprint density at radius 1 is 1.18 bits per heavy atom. The molecule has 2 amide bonds. The zero-order valence-corrected chi connectivity index (χ0v) is 16.9. The lowest BCUT2D eigenvalue weighted by Crippen LogP contribution is -2.43. The summed E-state index contributed by atoms with van der Waals surface area (Å²) in [6.45, 7) is 1.83. The van der Waals surface area contributed by atoms with Gasteiger partial charge in [-0.3, -0.25) is 14.6 Å². The average Bonchev–Trinajstić information content (AvgIpc) is 3.38. The summed E-state index contributed by atoms with van der Waals surface area (Å²) in [7, 11) is 0. The smallest absolute Gasteiger partial charge is 0.263 e. The van der Waals surface area contributed by atoms with Crippen LogP contribution >= 0.6 is 11.3 Å². The van der Waals surface area contributed by atoms with Gasteiger partial charge >= 0.3 is 0 Å². The molecule has 1 saturated heterocycles. The first kappa shape index (κ1) is 19.1. The lowest BCUT2D eigenvalue weighted by Gasteiger charge is -2.37. The number of hydrogen-bond acceptors (Lipinski definition) is 4. The van der Waals surface area contributed by atoms with Crippen LogP contribution in [0.4, 0.5) is 0 Å². The van der Waals surface area contributed by atoms with Crippen LogP contribution in [0.5, 0.6) is 0 Å². The zero-order valence-electron chi connectivity index (χ0n) is 16.1. The van der Waals surface area contributed by atoms with Crippen molar-refractivity contribution in [1.82, 2.24) is 15.2 Å². The van der Waals surface area contributed by atoms with E-state index in [1.165, 1.54) is 17.8 Å². The molecule has 2 fully saturated rings. The van der Waals surface area contributed by atoms with Gasteiger partial charge in [-0.05, 0) is 36.4 Å². The second-order valence-corrected chi connectivity index (χ2v) is 8.95. The highest BCUT2D eigenvalue weighted by Gasteiger charge is 2.51. The highest BCUT2D eigenvalue weighted by Crippen LogP contribution is 2.48. The summed E-state index contributed by atoms with van der Waals surface area (Å²) in [6.07, 6.45) is 8.12. The second-order valence-electron chi connectivity index (χ2n) is 8.00. The third-order valence-electron chi connectivity index (χ3n) is 6.24. The van der Waals surface area contributed by atoms with E-state index in [9.17, 15) is 9.59 Å². The number of amides is 2. The Morgan fingerprint density at radius 3 is 2.75 bits per heavy atom. The van der Waals surface area contributed by atoms with E-state index in [4.69, 9.17) is 0 Å². The molecule has 0 bridgehead atoms. The highest BCUT2D eigenvalue weighted by atomic mass is 32.1. The predicted molar refractivity (Wildman–Crippen MR) is 110 cm³/mol. The molecule has 28 heavy (non-hydrogen) atoms. The first-order valence-electron chi connectivity index (χ1n) is 10.2. The standard InChI is InChI=1S/C22H27N3O2S/c26-20(24-13-9-17-7-2-5-12-23-17)18-15-25(21(27)19-8-6-14-28-19)16-22(18)10-3-1-4-11-22/h2,5-8,12,14,18H,1,3-4,9-11,13,15-16H2,(H,24,26). The molecule has 1 atom stereocenters. The number of carbonyl (C=O) groups is 2. The minimum Gasteiger partial charge on any atom is -0.355 e. The number of thiophene rings is 1. The quantitative estimate of drug-likeness (QED) is 0.840. The van der Waals surface area contributed by atoms with Crippen molar-refractivity contribution in [1.29, 1.82) is 0 Å². The summed E-state index contributed by atoms with van der Waals surface area (Å²) in [5.74, 6) is 0.0588. The van der Waals surface area contributed by atoms with Crippen molar-refractivity contribution in [2.24, 2.45) is 11.3 Å². The van der Waals surface area contributed by atoms with Crippen molar-refractivity contribution < 1.29 is 9.59 Å². The fraction of sp³-hybridized carbons (Fsp3) is 0.500. The van der Waals surface area contributed by atoms with E-state index in [1.54, 1.807) is 6.20 Å². The Hall–Kier alpha value is -2.21. The summed E-state index contributed by atoms with van der Waals surface area (Å²) in [4.78, 5) is 33.0. The molecule has 0 aromatic carbocycles. The monoisotopic (exact) mass is 397 g/mol. The molecule has 0 radical (unpaired) electrons. The van der Waals surface area contributed by atoms with E-state index < -0.39 is 0 Å². The lowest BCUT2D eigenvalue weighted by molar-refractivity contribution is -0.128. The average molecular weight is 398 g/mol. The van der Waals surface area contributed by atoms with Gasteiger partial charge in [-0.2, -0.15) is 0 Å². The van der Waals surface area contributed by atoms with Gasteiger partial charge in [-0.25, -0.2) is 0 Å². The lowest BCUT2D eigenvalue weighted by atomic mass is 9.67. The van der Waals surface area contributed by atoms with E-state index in [2.05, 4.69) is 10.3 Å². The Kier molecular flexibility index (Phi) is 5.76. The van der Waals surface area contributed by atoms with Crippen LogP contribution in [0, 0.1) is 11.3 Å². The molecule has 1 aliphatic heterocycles. The maximum absolute atomic E-state index is 13.1. The molecule has 1 N–H and O–H groups in total. The number of hydrogen-bond donors (Lipinski definition) is 1. The van der Waals surface area contributed by atoms with Crippen LogP contribution in [0.1, 0.15) is 47.5 Å². The number of nitrogens with zero attached hydrogens (tertiary/aromatic N) is 2. The molecule has 4 rings (SSSR count). The maximum Gasteiger partial charge on any atom is 0.263 e. The molecule has 2 aromatic rings. The molecule has 148 valence electrons. The predicted octanol–water partition coefficient (Wildman–Crippen LogP) is 3.52. The first-order valence-corrected chi connectivity index (χ1v) is 11.1. The molecule has 5 nitrogen and oxygen atoms in total. The van der Waals surface area contributed by atoms with Gasteiger partial charge in [0.25, 0.3) is 5.91 Å². The fourth-order valence-corrected chi connectivity index (χ4v) is 5.48. The molecule has 3 heterocycles.